The summed E-state index contributed by atoms with van der Waals surface area (Å²) in [5.74, 6) is -0.0404. The van der Waals surface area contributed by atoms with Gasteiger partial charge in [0.2, 0.25) is 0 Å². The summed E-state index contributed by atoms with van der Waals surface area (Å²) in [5, 5.41) is 8.86. The molecule has 0 aromatic heterocycles. The van der Waals surface area contributed by atoms with Crippen LogP contribution in [0.25, 0.3) is 0 Å². The lowest BCUT2D eigenvalue weighted by Crippen LogP contribution is -2.16. The zero-order valence-corrected chi connectivity index (χ0v) is 8.77. The Labute approximate surface area is 92.8 Å². The van der Waals surface area contributed by atoms with Gasteiger partial charge in [-0.15, -0.1) is 0 Å². The summed E-state index contributed by atoms with van der Waals surface area (Å²) in [6.45, 7) is -2.61. The van der Waals surface area contributed by atoms with Gasteiger partial charge in [-0.1, -0.05) is 18.2 Å². The molecular formula is C11H15F2NO2. The molecule has 1 atom stereocenters. The fourth-order valence-electron chi connectivity index (χ4n) is 1.58. The number of hydrogen-bond acceptors (Lipinski definition) is 3. The highest BCUT2D eigenvalue weighted by Gasteiger charge is 2.16. The number of halogens is 2. The van der Waals surface area contributed by atoms with Crippen LogP contribution in [0.3, 0.4) is 0 Å². The molecule has 5 heteroatoms. The molecule has 0 spiro atoms. The first-order valence-corrected chi connectivity index (χ1v) is 5.03. The summed E-state index contributed by atoms with van der Waals surface area (Å²) in [4.78, 5) is 0. The second-order valence-corrected chi connectivity index (χ2v) is 3.36. The van der Waals surface area contributed by atoms with Crippen LogP contribution in [0.15, 0.2) is 24.3 Å². The highest BCUT2D eigenvalue weighted by Crippen LogP contribution is 2.29. The number of ether oxygens (including phenoxy) is 1. The van der Waals surface area contributed by atoms with Gasteiger partial charge >= 0.3 is 6.61 Å². The largest absolute Gasteiger partial charge is 0.435 e. The molecule has 1 aromatic rings. The van der Waals surface area contributed by atoms with E-state index >= 15 is 0 Å². The first kappa shape index (κ1) is 12.9. The zero-order valence-electron chi connectivity index (χ0n) is 8.77. The molecule has 16 heavy (non-hydrogen) atoms. The van der Waals surface area contributed by atoms with E-state index in [9.17, 15) is 8.78 Å². The van der Waals surface area contributed by atoms with E-state index in [1.165, 1.54) is 6.07 Å². The van der Waals surface area contributed by atoms with Crippen molar-refractivity contribution in [1.29, 1.82) is 0 Å². The van der Waals surface area contributed by atoms with Gasteiger partial charge in [0.25, 0.3) is 0 Å². The molecule has 0 aliphatic rings. The van der Waals surface area contributed by atoms with Gasteiger partial charge in [-0.3, -0.25) is 0 Å². The van der Waals surface area contributed by atoms with Crippen molar-refractivity contribution in [2.75, 3.05) is 13.2 Å². The third-order valence-electron chi connectivity index (χ3n) is 2.34. The van der Waals surface area contributed by atoms with E-state index in [-0.39, 0.29) is 24.8 Å². The lowest BCUT2D eigenvalue weighted by Gasteiger charge is -2.17. The summed E-state index contributed by atoms with van der Waals surface area (Å²) in [6.07, 6.45) is 0.431. The molecule has 0 aliphatic heterocycles. The van der Waals surface area contributed by atoms with E-state index in [4.69, 9.17) is 10.8 Å². The standard InChI is InChI=1S/C11H15F2NO2/c12-11(13)16-10-4-2-1-3-9(10)8(7-14)5-6-15/h1-4,8,11,15H,5-7,14H2. The Morgan fingerprint density at radius 2 is 2.00 bits per heavy atom. The van der Waals surface area contributed by atoms with Gasteiger partial charge in [-0.25, -0.2) is 0 Å². The van der Waals surface area contributed by atoms with Gasteiger partial charge in [0.05, 0.1) is 0 Å². The molecule has 0 saturated heterocycles. The van der Waals surface area contributed by atoms with Gasteiger partial charge in [-0.05, 0) is 24.6 Å². The molecule has 0 heterocycles. The minimum atomic E-state index is -2.85. The third kappa shape index (κ3) is 3.43. The maximum absolute atomic E-state index is 12.2. The van der Waals surface area contributed by atoms with Crippen LogP contribution in [0.5, 0.6) is 5.75 Å². The minimum absolute atomic E-state index is 0.0368. The first-order chi connectivity index (χ1) is 7.69. The van der Waals surface area contributed by atoms with E-state index in [1.54, 1.807) is 18.2 Å². The van der Waals surface area contributed by atoms with Crippen molar-refractivity contribution < 1.29 is 18.6 Å². The Kier molecular flexibility index (Phi) is 5.14. The molecule has 0 aliphatic carbocycles. The number of aliphatic hydroxyl groups excluding tert-OH is 1. The molecule has 0 radical (unpaired) electrons. The van der Waals surface area contributed by atoms with Crippen molar-refractivity contribution in [2.45, 2.75) is 19.0 Å². The summed E-state index contributed by atoms with van der Waals surface area (Å²) >= 11 is 0. The van der Waals surface area contributed by atoms with E-state index in [1.807, 2.05) is 0 Å². The molecule has 1 unspecified atom stereocenters. The summed E-state index contributed by atoms with van der Waals surface area (Å²) < 4.78 is 28.7. The van der Waals surface area contributed by atoms with Crippen LogP contribution in [-0.2, 0) is 0 Å². The van der Waals surface area contributed by atoms with Crippen LogP contribution in [0.1, 0.15) is 17.9 Å². The SMILES string of the molecule is NCC(CCO)c1ccccc1OC(F)F. The number of hydrogen-bond donors (Lipinski definition) is 2. The van der Waals surface area contributed by atoms with Gasteiger partial charge in [0, 0.05) is 12.5 Å². The number of benzene rings is 1. The second-order valence-electron chi connectivity index (χ2n) is 3.36. The number of aliphatic hydroxyl groups is 1. The van der Waals surface area contributed by atoms with Crippen LogP contribution in [-0.4, -0.2) is 24.9 Å². The number of nitrogens with two attached hydrogens (primary N) is 1. The maximum Gasteiger partial charge on any atom is 0.387 e. The predicted octanol–water partition coefficient (Wildman–Crippen LogP) is 1.71. The van der Waals surface area contributed by atoms with Crippen LogP contribution in [0.2, 0.25) is 0 Å². The van der Waals surface area contributed by atoms with Crippen molar-refractivity contribution in [2.24, 2.45) is 5.73 Å². The molecule has 1 aromatic carbocycles. The summed E-state index contributed by atoms with van der Waals surface area (Å²) in [6, 6.07) is 6.51. The average Bonchev–Trinajstić information content (AvgIpc) is 2.26. The molecule has 0 bridgehead atoms. The second kappa shape index (κ2) is 6.40. The van der Waals surface area contributed by atoms with Gasteiger partial charge in [0.15, 0.2) is 0 Å². The Hall–Kier alpha value is -1.20. The quantitative estimate of drug-likeness (QED) is 0.783. The maximum atomic E-state index is 12.2. The van der Waals surface area contributed by atoms with E-state index in [0.717, 1.165) is 0 Å². The Morgan fingerprint density at radius 3 is 2.56 bits per heavy atom. The van der Waals surface area contributed by atoms with E-state index in [0.29, 0.717) is 12.0 Å². The molecule has 1 rings (SSSR count). The van der Waals surface area contributed by atoms with Crippen molar-refractivity contribution >= 4 is 0 Å². The Morgan fingerprint density at radius 1 is 1.31 bits per heavy atom. The molecule has 0 amide bonds. The lowest BCUT2D eigenvalue weighted by molar-refractivity contribution is -0.0506. The molecule has 3 nitrogen and oxygen atoms in total. The normalized spacial score (nSPS) is 12.8. The molecular weight excluding hydrogens is 216 g/mol. The molecule has 0 saturated carbocycles. The van der Waals surface area contributed by atoms with Crippen LogP contribution >= 0.6 is 0 Å². The van der Waals surface area contributed by atoms with Crippen molar-refractivity contribution in [3.05, 3.63) is 29.8 Å². The number of rotatable bonds is 6. The van der Waals surface area contributed by atoms with E-state index in [2.05, 4.69) is 4.74 Å². The van der Waals surface area contributed by atoms with Crippen molar-refractivity contribution in [3.63, 3.8) is 0 Å². The topological polar surface area (TPSA) is 55.5 Å². The molecule has 90 valence electrons. The molecule has 0 fully saturated rings. The third-order valence-corrected chi connectivity index (χ3v) is 2.34. The lowest BCUT2D eigenvalue weighted by atomic mass is 9.95. The highest BCUT2D eigenvalue weighted by atomic mass is 19.3. The van der Waals surface area contributed by atoms with Crippen molar-refractivity contribution in [1.82, 2.24) is 0 Å². The predicted molar refractivity (Wildman–Crippen MR) is 56.6 cm³/mol. The summed E-state index contributed by atoms with van der Waals surface area (Å²) in [5.41, 5.74) is 6.15. The number of alkyl halides is 2. The first-order valence-electron chi connectivity index (χ1n) is 5.03. The van der Waals surface area contributed by atoms with Gasteiger partial charge in [-0.2, -0.15) is 8.78 Å². The van der Waals surface area contributed by atoms with Gasteiger partial charge in [0.1, 0.15) is 5.75 Å². The average molecular weight is 231 g/mol. The Bertz CT molecular complexity index is 321. The summed E-state index contributed by atoms with van der Waals surface area (Å²) in [7, 11) is 0. The van der Waals surface area contributed by atoms with Crippen LogP contribution in [0.4, 0.5) is 8.78 Å². The van der Waals surface area contributed by atoms with Gasteiger partial charge < -0.3 is 15.6 Å². The Balaban J connectivity index is 2.91. The van der Waals surface area contributed by atoms with Crippen LogP contribution in [0, 0.1) is 0 Å². The van der Waals surface area contributed by atoms with E-state index < -0.39 is 6.61 Å². The monoisotopic (exact) mass is 231 g/mol. The molecule has 3 N–H and O–H groups in total. The highest BCUT2D eigenvalue weighted by molar-refractivity contribution is 5.36. The number of para-hydroxylation sites is 1. The van der Waals surface area contributed by atoms with Crippen molar-refractivity contribution in [3.8, 4) is 5.75 Å². The fraction of sp³-hybridized carbons (Fsp3) is 0.455. The zero-order chi connectivity index (χ0) is 12.0. The minimum Gasteiger partial charge on any atom is -0.435 e. The van der Waals surface area contributed by atoms with Crippen LogP contribution < -0.4 is 10.5 Å². The smallest absolute Gasteiger partial charge is 0.387 e. The fourth-order valence-corrected chi connectivity index (χ4v) is 1.58.